The summed E-state index contributed by atoms with van der Waals surface area (Å²) in [6.07, 6.45) is 1.57. The van der Waals surface area contributed by atoms with Gasteiger partial charge in [0.25, 0.3) is 0 Å². The minimum atomic E-state index is -0.398. The molecule has 0 unspecified atom stereocenters. The predicted octanol–water partition coefficient (Wildman–Crippen LogP) is 2.74. The van der Waals surface area contributed by atoms with Crippen molar-refractivity contribution in [2.45, 2.75) is 25.8 Å². The molecule has 1 amide bonds. The lowest BCUT2D eigenvalue weighted by molar-refractivity contribution is -0.123. The van der Waals surface area contributed by atoms with E-state index in [0.717, 1.165) is 31.5 Å². The number of benzene rings is 1. The van der Waals surface area contributed by atoms with Gasteiger partial charge in [0.15, 0.2) is 0 Å². The molecule has 1 saturated heterocycles. The van der Waals surface area contributed by atoms with E-state index in [9.17, 15) is 9.18 Å². The van der Waals surface area contributed by atoms with E-state index >= 15 is 0 Å². The Kier molecular flexibility index (Phi) is 4.42. The van der Waals surface area contributed by atoms with Crippen LogP contribution in [-0.4, -0.2) is 23.9 Å². The van der Waals surface area contributed by atoms with E-state index in [2.05, 4.69) is 11.8 Å². The van der Waals surface area contributed by atoms with Crippen molar-refractivity contribution in [1.82, 2.24) is 4.90 Å². The molecule has 2 N–H and O–H groups in total. The summed E-state index contributed by atoms with van der Waals surface area (Å²) in [6, 6.07) is 4.98. The predicted molar refractivity (Wildman–Crippen MR) is 73.3 cm³/mol. The molecule has 2 rings (SSSR count). The maximum atomic E-state index is 13.1. The summed E-state index contributed by atoms with van der Waals surface area (Å²) in [6.45, 7) is 3.71. The van der Waals surface area contributed by atoms with Crippen molar-refractivity contribution in [3.8, 4) is 0 Å². The Hall–Kier alpha value is -1.13. The lowest BCUT2D eigenvalue weighted by atomic mass is 9.94. The zero-order valence-corrected chi connectivity index (χ0v) is 11.7. The van der Waals surface area contributed by atoms with Crippen LogP contribution in [0.25, 0.3) is 0 Å². The van der Waals surface area contributed by atoms with Crippen molar-refractivity contribution >= 4 is 17.5 Å². The number of hydrogen-bond donors (Lipinski definition) is 1. The molecule has 1 fully saturated rings. The van der Waals surface area contributed by atoms with Gasteiger partial charge in [-0.2, -0.15) is 0 Å². The molecule has 1 heterocycles. The molecule has 0 aliphatic carbocycles. The van der Waals surface area contributed by atoms with E-state index in [0.29, 0.717) is 0 Å². The highest BCUT2D eigenvalue weighted by molar-refractivity contribution is 6.30. The summed E-state index contributed by atoms with van der Waals surface area (Å²) in [4.78, 5) is 13.4. The van der Waals surface area contributed by atoms with E-state index in [1.165, 1.54) is 6.07 Å². The zero-order chi connectivity index (χ0) is 14.0. The Labute approximate surface area is 117 Å². The number of hydrogen-bond acceptors (Lipinski definition) is 2. The van der Waals surface area contributed by atoms with Crippen molar-refractivity contribution in [3.63, 3.8) is 0 Å². The van der Waals surface area contributed by atoms with Gasteiger partial charge in [0.05, 0.1) is 5.02 Å². The lowest BCUT2D eigenvalue weighted by Crippen LogP contribution is -2.39. The summed E-state index contributed by atoms with van der Waals surface area (Å²) in [5, 5.41) is 0.149. The second-order valence-electron chi connectivity index (χ2n) is 5.06. The molecule has 104 valence electrons. The quantitative estimate of drug-likeness (QED) is 0.928. The molecule has 1 aliphatic heterocycles. The standard InChI is InChI=1S/C14H18ClFN2O/c1-9(11-2-3-13(16)12(15)8-11)18-6-4-10(5-7-18)14(17)19/h2-3,8-10H,4-7H2,1H3,(H2,17,19)/t9-/m1/s1. The maximum absolute atomic E-state index is 13.1. The average molecular weight is 285 g/mol. The number of primary amides is 1. The number of rotatable bonds is 3. The first-order valence-electron chi connectivity index (χ1n) is 6.47. The first kappa shape index (κ1) is 14.3. The number of amides is 1. The zero-order valence-electron chi connectivity index (χ0n) is 10.9. The van der Waals surface area contributed by atoms with Gasteiger partial charge in [0.2, 0.25) is 5.91 Å². The monoisotopic (exact) mass is 284 g/mol. The number of nitrogens with two attached hydrogens (primary N) is 1. The molecule has 1 aromatic carbocycles. The largest absolute Gasteiger partial charge is 0.369 e. The number of carbonyl (C=O) groups excluding carboxylic acids is 1. The van der Waals surface area contributed by atoms with Gasteiger partial charge < -0.3 is 5.73 Å². The third kappa shape index (κ3) is 3.25. The fraction of sp³-hybridized carbons (Fsp3) is 0.500. The summed E-state index contributed by atoms with van der Waals surface area (Å²) in [5.41, 5.74) is 6.31. The summed E-state index contributed by atoms with van der Waals surface area (Å²) in [5.74, 6) is -0.623. The Morgan fingerprint density at radius 3 is 2.63 bits per heavy atom. The average Bonchev–Trinajstić information content (AvgIpc) is 2.41. The fourth-order valence-electron chi connectivity index (χ4n) is 2.55. The molecule has 0 bridgehead atoms. The van der Waals surface area contributed by atoms with Gasteiger partial charge in [0, 0.05) is 12.0 Å². The van der Waals surface area contributed by atoms with Crippen molar-refractivity contribution in [2.24, 2.45) is 11.7 Å². The molecule has 0 aromatic heterocycles. The highest BCUT2D eigenvalue weighted by Gasteiger charge is 2.26. The molecule has 19 heavy (non-hydrogen) atoms. The molecule has 3 nitrogen and oxygen atoms in total. The number of carbonyl (C=O) groups is 1. The Morgan fingerprint density at radius 2 is 2.11 bits per heavy atom. The van der Waals surface area contributed by atoms with Gasteiger partial charge in [-0.15, -0.1) is 0 Å². The van der Waals surface area contributed by atoms with Crippen LogP contribution in [0.5, 0.6) is 0 Å². The highest BCUT2D eigenvalue weighted by atomic mass is 35.5. The topological polar surface area (TPSA) is 46.3 Å². The van der Waals surface area contributed by atoms with E-state index < -0.39 is 5.82 Å². The Balaban J connectivity index is 2.02. The third-order valence-corrected chi connectivity index (χ3v) is 4.20. The van der Waals surface area contributed by atoms with Gasteiger partial charge in [-0.1, -0.05) is 17.7 Å². The first-order valence-corrected chi connectivity index (χ1v) is 6.85. The van der Waals surface area contributed by atoms with Crippen LogP contribution in [0, 0.1) is 11.7 Å². The van der Waals surface area contributed by atoms with Gasteiger partial charge >= 0.3 is 0 Å². The molecule has 0 radical (unpaired) electrons. The minimum Gasteiger partial charge on any atom is -0.369 e. The van der Waals surface area contributed by atoms with Crippen LogP contribution in [0.2, 0.25) is 5.02 Å². The van der Waals surface area contributed by atoms with Crippen molar-refractivity contribution in [1.29, 1.82) is 0 Å². The van der Waals surface area contributed by atoms with Crippen LogP contribution in [-0.2, 0) is 4.79 Å². The first-order chi connectivity index (χ1) is 8.99. The molecular formula is C14H18ClFN2O. The summed E-state index contributed by atoms with van der Waals surface area (Å²) in [7, 11) is 0. The molecular weight excluding hydrogens is 267 g/mol. The van der Waals surface area contributed by atoms with E-state index in [4.69, 9.17) is 17.3 Å². The van der Waals surface area contributed by atoms with Crippen LogP contribution >= 0.6 is 11.6 Å². The molecule has 1 aliphatic rings. The Morgan fingerprint density at radius 1 is 1.47 bits per heavy atom. The second-order valence-corrected chi connectivity index (χ2v) is 5.47. The van der Waals surface area contributed by atoms with Crippen LogP contribution < -0.4 is 5.73 Å². The summed E-state index contributed by atoms with van der Waals surface area (Å²) < 4.78 is 13.1. The molecule has 1 aromatic rings. The number of halogens is 2. The normalized spacial score (nSPS) is 19.3. The third-order valence-electron chi connectivity index (χ3n) is 3.91. The highest BCUT2D eigenvalue weighted by Crippen LogP contribution is 2.28. The van der Waals surface area contributed by atoms with Crippen LogP contribution in [0.15, 0.2) is 18.2 Å². The van der Waals surface area contributed by atoms with Gasteiger partial charge in [-0.3, -0.25) is 9.69 Å². The molecule has 0 saturated carbocycles. The molecule has 1 atom stereocenters. The maximum Gasteiger partial charge on any atom is 0.220 e. The number of likely N-dealkylation sites (tertiary alicyclic amines) is 1. The minimum absolute atomic E-state index is 0.0137. The summed E-state index contributed by atoms with van der Waals surface area (Å²) >= 11 is 5.81. The smallest absolute Gasteiger partial charge is 0.220 e. The number of nitrogens with zero attached hydrogens (tertiary/aromatic N) is 1. The van der Waals surface area contributed by atoms with Crippen molar-refractivity contribution < 1.29 is 9.18 Å². The fourth-order valence-corrected chi connectivity index (χ4v) is 2.74. The van der Waals surface area contributed by atoms with Crippen molar-refractivity contribution in [2.75, 3.05) is 13.1 Å². The van der Waals surface area contributed by atoms with Gasteiger partial charge in [-0.05, 0) is 50.6 Å². The molecule has 0 spiro atoms. The van der Waals surface area contributed by atoms with Gasteiger partial charge in [-0.25, -0.2) is 4.39 Å². The molecule has 5 heteroatoms. The second kappa shape index (κ2) is 5.88. The lowest BCUT2D eigenvalue weighted by Gasteiger charge is -2.35. The number of piperidine rings is 1. The van der Waals surface area contributed by atoms with E-state index in [1.807, 2.05) is 0 Å². The van der Waals surface area contributed by atoms with Crippen LogP contribution in [0.4, 0.5) is 4.39 Å². The van der Waals surface area contributed by atoms with E-state index in [1.54, 1.807) is 12.1 Å². The van der Waals surface area contributed by atoms with Crippen LogP contribution in [0.3, 0.4) is 0 Å². The Bertz CT molecular complexity index is 473. The van der Waals surface area contributed by atoms with Crippen molar-refractivity contribution in [3.05, 3.63) is 34.6 Å². The van der Waals surface area contributed by atoms with Gasteiger partial charge in [0.1, 0.15) is 5.82 Å². The SMILES string of the molecule is C[C@H](c1ccc(F)c(Cl)c1)N1CCC(C(N)=O)CC1. The van der Waals surface area contributed by atoms with E-state index in [-0.39, 0.29) is 22.9 Å². The van der Waals surface area contributed by atoms with Crippen LogP contribution in [0.1, 0.15) is 31.4 Å².